The first kappa shape index (κ1) is 23.7. The van der Waals surface area contributed by atoms with E-state index in [1.807, 2.05) is 20.8 Å². The highest BCUT2D eigenvalue weighted by Gasteiger charge is 2.34. The molecule has 0 radical (unpaired) electrons. The number of carbonyl (C=O) groups excluding carboxylic acids is 1. The van der Waals surface area contributed by atoms with Gasteiger partial charge in [-0.25, -0.2) is 24.9 Å². The number of hydrogen-bond donors (Lipinski definition) is 1. The van der Waals surface area contributed by atoms with Crippen molar-refractivity contribution >= 4 is 17.9 Å². The van der Waals surface area contributed by atoms with Gasteiger partial charge in [0.05, 0.1) is 11.4 Å². The lowest BCUT2D eigenvalue weighted by atomic mass is 10.1. The maximum absolute atomic E-state index is 12.8. The molecule has 0 aliphatic rings. The molecule has 0 aliphatic carbocycles. The second-order valence-electron chi connectivity index (χ2n) is 7.17. The lowest BCUT2D eigenvalue weighted by molar-refractivity contribution is -0.145. The molecule has 3 aromatic rings. The quantitative estimate of drug-likeness (QED) is 0.398. The topological polar surface area (TPSA) is 98.5 Å². The largest absolute Gasteiger partial charge is 0.451 e. The van der Waals surface area contributed by atoms with Crippen molar-refractivity contribution in [1.29, 1.82) is 0 Å². The van der Waals surface area contributed by atoms with E-state index in [0.29, 0.717) is 30.6 Å². The van der Waals surface area contributed by atoms with E-state index in [1.54, 1.807) is 10.8 Å². The van der Waals surface area contributed by atoms with E-state index in [9.17, 15) is 18.0 Å². The Morgan fingerprint density at radius 3 is 2.62 bits per heavy atom. The van der Waals surface area contributed by atoms with Crippen molar-refractivity contribution in [1.82, 2.24) is 34.8 Å². The molecular formula is C20H21ClF3N7O. The molecule has 0 aromatic carbocycles. The number of imidazole rings is 1. The summed E-state index contributed by atoms with van der Waals surface area (Å²) in [7, 11) is 0. The second kappa shape index (κ2) is 9.70. The minimum atomic E-state index is -4.61. The molecular weight excluding hydrogens is 447 g/mol. The van der Waals surface area contributed by atoms with Crippen LogP contribution in [-0.2, 0) is 25.7 Å². The van der Waals surface area contributed by atoms with Gasteiger partial charge in [-0.15, -0.1) is 0 Å². The molecule has 12 heteroatoms. The Bertz CT molecular complexity index is 1120. The third-order valence-corrected chi connectivity index (χ3v) is 4.95. The molecule has 0 amide bonds. The molecule has 0 saturated heterocycles. The maximum Gasteiger partial charge on any atom is 0.451 e. The average molecular weight is 468 g/mol. The normalized spacial score (nSPS) is 12.7. The minimum absolute atomic E-state index is 0.0768. The lowest BCUT2D eigenvalue weighted by Gasteiger charge is -2.17. The van der Waals surface area contributed by atoms with Crippen LogP contribution in [0.5, 0.6) is 0 Å². The summed E-state index contributed by atoms with van der Waals surface area (Å²) < 4.78 is 40.2. The molecule has 3 aromatic heterocycles. The Morgan fingerprint density at radius 1 is 1.22 bits per heavy atom. The SMILES string of the molecule is CCc1c(-c2nc(Cl)ncc2C)nc(C=O)n1C[C@H](C)NCc1ccnc(C(F)(F)F)n1. The van der Waals surface area contributed by atoms with Gasteiger partial charge in [-0.2, -0.15) is 13.2 Å². The number of alkyl halides is 3. The first-order valence-electron chi connectivity index (χ1n) is 9.80. The van der Waals surface area contributed by atoms with Crippen LogP contribution >= 0.6 is 11.6 Å². The van der Waals surface area contributed by atoms with E-state index in [2.05, 4.69) is 30.2 Å². The Labute approximate surface area is 187 Å². The molecule has 1 N–H and O–H groups in total. The highest BCUT2D eigenvalue weighted by molar-refractivity contribution is 6.28. The van der Waals surface area contributed by atoms with Gasteiger partial charge in [-0.1, -0.05) is 6.92 Å². The molecule has 0 unspecified atom stereocenters. The van der Waals surface area contributed by atoms with Gasteiger partial charge in [-0.3, -0.25) is 4.79 Å². The molecule has 8 nitrogen and oxygen atoms in total. The lowest BCUT2D eigenvalue weighted by Crippen LogP contribution is -2.31. The maximum atomic E-state index is 12.8. The van der Waals surface area contributed by atoms with Crippen LogP contribution < -0.4 is 5.32 Å². The van der Waals surface area contributed by atoms with Gasteiger partial charge < -0.3 is 9.88 Å². The summed E-state index contributed by atoms with van der Waals surface area (Å²) in [4.78, 5) is 31.2. The van der Waals surface area contributed by atoms with E-state index in [1.165, 1.54) is 6.07 Å². The summed E-state index contributed by atoms with van der Waals surface area (Å²) in [6.45, 7) is 6.08. The molecule has 0 spiro atoms. The summed E-state index contributed by atoms with van der Waals surface area (Å²) in [6.07, 6.45) is -0.705. The molecule has 1 atom stereocenters. The van der Waals surface area contributed by atoms with Crippen molar-refractivity contribution < 1.29 is 18.0 Å². The third-order valence-electron chi connectivity index (χ3n) is 4.76. The van der Waals surface area contributed by atoms with E-state index in [0.717, 1.165) is 17.5 Å². The Kier molecular flexibility index (Phi) is 7.19. The van der Waals surface area contributed by atoms with Gasteiger partial charge in [0, 0.05) is 37.2 Å². The zero-order valence-corrected chi connectivity index (χ0v) is 18.4. The van der Waals surface area contributed by atoms with Crippen LogP contribution in [0.15, 0.2) is 18.5 Å². The molecule has 32 heavy (non-hydrogen) atoms. The molecule has 0 fully saturated rings. The number of nitrogens with zero attached hydrogens (tertiary/aromatic N) is 6. The number of aromatic nitrogens is 6. The second-order valence-corrected chi connectivity index (χ2v) is 7.51. The van der Waals surface area contributed by atoms with Gasteiger partial charge >= 0.3 is 6.18 Å². The number of halogens is 4. The molecule has 0 saturated carbocycles. The molecule has 170 valence electrons. The standard InChI is InChI=1S/C20H21ClF3N7O/c1-4-14-17(16-11(2)7-27-19(21)30-16)29-15(10-32)31(14)9-12(3)26-8-13-5-6-25-18(28-13)20(22,23)24/h5-7,10,12,26H,4,8-9H2,1-3H3/t12-/m0/s1. The number of carbonyl (C=O) groups is 1. The highest BCUT2D eigenvalue weighted by Crippen LogP contribution is 2.27. The fourth-order valence-electron chi connectivity index (χ4n) is 3.26. The number of aryl methyl sites for hydroxylation is 1. The molecule has 0 aliphatic heterocycles. The van der Waals surface area contributed by atoms with Crippen LogP contribution in [0.4, 0.5) is 13.2 Å². The Morgan fingerprint density at radius 2 is 1.97 bits per heavy atom. The van der Waals surface area contributed by atoms with Crippen LogP contribution in [0.25, 0.3) is 11.4 Å². The van der Waals surface area contributed by atoms with Crippen LogP contribution in [0, 0.1) is 6.92 Å². The minimum Gasteiger partial charge on any atom is -0.324 e. The van der Waals surface area contributed by atoms with Crippen LogP contribution in [0.2, 0.25) is 5.28 Å². The van der Waals surface area contributed by atoms with Gasteiger partial charge in [0.2, 0.25) is 11.1 Å². The fraction of sp³-hybridized carbons (Fsp3) is 0.400. The molecule has 0 bridgehead atoms. The van der Waals surface area contributed by atoms with Crippen molar-refractivity contribution in [3.05, 3.63) is 52.3 Å². The zero-order chi connectivity index (χ0) is 23.5. The Hall–Kier alpha value is -2.92. The van der Waals surface area contributed by atoms with Gasteiger partial charge in [0.15, 0.2) is 12.1 Å². The predicted octanol–water partition coefficient (Wildman–Crippen LogP) is 3.66. The van der Waals surface area contributed by atoms with Crippen molar-refractivity contribution in [3.63, 3.8) is 0 Å². The van der Waals surface area contributed by atoms with Crippen LogP contribution in [0.3, 0.4) is 0 Å². The van der Waals surface area contributed by atoms with Crippen LogP contribution in [0.1, 0.15) is 47.2 Å². The Balaban J connectivity index is 1.82. The predicted molar refractivity (Wildman–Crippen MR) is 111 cm³/mol. The van der Waals surface area contributed by atoms with Crippen molar-refractivity contribution in [2.75, 3.05) is 0 Å². The fourth-order valence-corrected chi connectivity index (χ4v) is 3.39. The number of nitrogens with one attached hydrogen (secondary N) is 1. The number of aldehydes is 1. The molecule has 3 rings (SSSR count). The smallest absolute Gasteiger partial charge is 0.324 e. The highest BCUT2D eigenvalue weighted by atomic mass is 35.5. The summed E-state index contributed by atoms with van der Waals surface area (Å²) in [6, 6.07) is 1.21. The van der Waals surface area contributed by atoms with Gasteiger partial charge in [0.1, 0.15) is 5.69 Å². The summed E-state index contributed by atoms with van der Waals surface area (Å²) in [5, 5.41) is 3.21. The zero-order valence-electron chi connectivity index (χ0n) is 17.6. The van der Waals surface area contributed by atoms with E-state index in [4.69, 9.17) is 11.6 Å². The third kappa shape index (κ3) is 5.28. The number of hydrogen-bond acceptors (Lipinski definition) is 7. The van der Waals surface area contributed by atoms with Crippen molar-refractivity contribution in [2.45, 2.75) is 52.5 Å². The molecule has 3 heterocycles. The van der Waals surface area contributed by atoms with E-state index in [-0.39, 0.29) is 29.4 Å². The first-order chi connectivity index (χ1) is 15.1. The summed E-state index contributed by atoms with van der Waals surface area (Å²) in [5.41, 5.74) is 2.86. The van der Waals surface area contributed by atoms with E-state index < -0.39 is 12.0 Å². The number of rotatable bonds is 8. The first-order valence-corrected chi connectivity index (χ1v) is 10.2. The average Bonchev–Trinajstić information content (AvgIpc) is 3.10. The van der Waals surface area contributed by atoms with Crippen molar-refractivity contribution in [3.8, 4) is 11.4 Å². The summed E-state index contributed by atoms with van der Waals surface area (Å²) in [5.74, 6) is -0.958. The monoisotopic (exact) mass is 467 g/mol. The van der Waals surface area contributed by atoms with Crippen molar-refractivity contribution in [2.24, 2.45) is 0 Å². The summed E-state index contributed by atoms with van der Waals surface area (Å²) >= 11 is 5.95. The van der Waals surface area contributed by atoms with Gasteiger partial charge in [-0.05, 0) is 43.5 Å². The van der Waals surface area contributed by atoms with Crippen LogP contribution in [-0.4, -0.2) is 41.8 Å². The van der Waals surface area contributed by atoms with E-state index >= 15 is 0 Å². The van der Waals surface area contributed by atoms with Gasteiger partial charge in [0.25, 0.3) is 0 Å².